The summed E-state index contributed by atoms with van der Waals surface area (Å²) in [6.07, 6.45) is 1.20. The molecule has 0 fully saturated rings. The van der Waals surface area contributed by atoms with Gasteiger partial charge in [0, 0.05) is 6.42 Å². The second-order valence-electron chi connectivity index (χ2n) is 5.75. The van der Waals surface area contributed by atoms with E-state index in [1.807, 2.05) is 24.3 Å². The Balaban J connectivity index is 2.53. The molecule has 0 saturated carbocycles. The summed E-state index contributed by atoms with van der Waals surface area (Å²) in [5.41, 5.74) is 1.08. The van der Waals surface area contributed by atoms with Crippen LogP contribution in [0.1, 0.15) is 32.8 Å². The van der Waals surface area contributed by atoms with Crippen LogP contribution in [0.5, 0.6) is 5.75 Å². The molecule has 0 aliphatic rings. The molecule has 5 heteroatoms. The third kappa shape index (κ3) is 6.45. The number of rotatable bonds is 12. The van der Waals surface area contributed by atoms with Gasteiger partial charge < -0.3 is 18.7 Å². The van der Waals surface area contributed by atoms with Crippen molar-refractivity contribution in [2.45, 2.75) is 58.0 Å². The van der Waals surface area contributed by atoms with Crippen LogP contribution in [0.15, 0.2) is 24.3 Å². The normalized spacial score (nSPS) is 12.9. The molecule has 1 aromatic carbocycles. The number of hydrogen-bond donors (Lipinski definition) is 0. The smallest absolute Gasteiger partial charge is 0.192 e. The third-order valence-corrected chi connectivity index (χ3v) is 9.14. The highest BCUT2D eigenvalue weighted by molar-refractivity contribution is 6.73. The van der Waals surface area contributed by atoms with Gasteiger partial charge in [0.1, 0.15) is 12.0 Å². The van der Waals surface area contributed by atoms with E-state index in [2.05, 4.69) is 20.8 Å². The zero-order chi connectivity index (χ0) is 17.1. The molecule has 0 N–H and O–H groups in total. The fourth-order valence-corrected chi connectivity index (χ4v) is 5.51. The number of hydrogen-bond acceptors (Lipinski definition) is 4. The van der Waals surface area contributed by atoms with Gasteiger partial charge in [0.2, 0.25) is 0 Å². The second-order valence-corrected chi connectivity index (χ2v) is 10.5. The molecule has 0 aliphatic heterocycles. The van der Waals surface area contributed by atoms with Crippen LogP contribution in [0.2, 0.25) is 18.1 Å². The number of methoxy groups -OCH3 is 1. The van der Waals surface area contributed by atoms with E-state index in [1.165, 1.54) is 0 Å². The highest BCUT2D eigenvalue weighted by atomic mass is 28.4. The summed E-state index contributed by atoms with van der Waals surface area (Å²) < 4.78 is 17.3. The van der Waals surface area contributed by atoms with E-state index < -0.39 is 8.32 Å². The summed E-state index contributed by atoms with van der Waals surface area (Å²) in [4.78, 5) is 10.9. The zero-order valence-corrected chi connectivity index (χ0v) is 15.8. The van der Waals surface area contributed by atoms with E-state index >= 15 is 0 Å². The Labute approximate surface area is 141 Å². The van der Waals surface area contributed by atoms with Crippen molar-refractivity contribution in [1.29, 1.82) is 0 Å². The average molecular weight is 339 g/mol. The summed E-state index contributed by atoms with van der Waals surface area (Å²) >= 11 is 0. The Bertz CT molecular complexity index is 435. The minimum absolute atomic E-state index is 0.128. The molecule has 130 valence electrons. The molecule has 0 saturated heterocycles. The lowest BCUT2D eigenvalue weighted by atomic mass is 10.2. The monoisotopic (exact) mass is 338 g/mol. The van der Waals surface area contributed by atoms with Crippen molar-refractivity contribution in [2.75, 3.05) is 13.7 Å². The van der Waals surface area contributed by atoms with Gasteiger partial charge in [-0.15, -0.1) is 0 Å². The van der Waals surface area contributed by atoms with Gasteiger partial charge in [-0.2, -0.15) is 0 Å². The molecule has 0 amide bonds. The molecule has 0 spiro atoms. The molecule has 0 bridgehead atoms. The molecular formula is C18H30O4Si. The van der Waals surface area contributed by atoms with Crippen LogP contribution < -0.4 is 4.74 Å². The molecule has 1 aromatic rings. The first-order valence-corrected chi connectivity index (χ1v) is 11.0. The van der Waals surface area contributed by atoms with Crippen LogP contribution in [-0.2, 0) is 20.6 Å². The SMILES string of the molecule is CC[Si](CC)(CC)O[C@H](CC=O)COCc1ccc(OC)cc1. The maximum atomic E-state index is 10.9. The molecule has 1 atom stereocenters. The summed E-state index contributed by atoms with van der Waals surface area (Å²) in [5.74, 6) is 0.834. The fraction of sp³-hybridized carbons (Fsp3) is 0.611. The number of carbonyl (C=O) groups excluding carboxylic acids is 1. The topological polar surface area (TPSA) is 44.8 Å². The van der Waals surface area contributed by atoms with Gasteiger partial charge in [0.25, 0.3) is 0 Å². The van der Waals surface area contributed by atoms with Gasteiger partial charge in [-0.1, -0.05) is 32.9 Å². The van der Waals surface area contributed by atoms with Gasteiger partial charge in [-0.05, 0) is 35.8 Å². The molecular weight excluding hydrogens is 308 g/mol. The van der Waals surface area contributed by atoms with Crippen molar-refractivity contribution in [3.05, 3.63) is 29.8 Å². The number of ether oxygens (including phenoxy) is 2. The van der Waals surface area contributed by atoms with Crippen LogP contribution in [0.4, 0.5) is 0 Å². The van der Waals surface area contributed by atoms with E-state index in [9.17, 15) is 4.79 Å². The first-order chi connectivity index (χ1) is 11.1. The first-order valence-electron chi connectivity index (χ1n) is 8.45. The Hall–Kier alpha value is -1.17. The lowest BCUT2D eigenvalue weighted by Gasteiger charge is -2.32. The average Bonchev–Trinajstić information content (AvgIpc) is 2.60. The number of aldehydes is 1. The number of benzene rings is 1. The predicted octanol–water partition coefficient (Wildman–Crippen LogP) is 4.19. The van der Waals surface area contributed by atoms with E-state index in [0.29, 0.717) is 19.6 Å². The molecule has 0 aromatic heterocycles. The maximum Gasteiger partial charge on any atom is 0.192 e. The lowest BCUT2D eigenvalue weighted by molar-refractivity contribution is -0.110. The Morgan fingerprint density at radius 2 is 1.70 bits per heavy atom. The molecule has 0 radical (unpaired) electrons. The molecule has 23 heavy (non-hydrogen) atoms. The van der Waals surface area contributed by atoms with Crippen LogP contribution in [-0.4, -0.2) is 34.4 Å². The largest absolute Gasteiger partial charge is 0.497 e. The first kappa shape index (κ1) is 19.9. The quantitative estimate of drug-likeness (QED) is 0.423. The minimum atomic E-state index is -1.71. The number of carbonyl (C=O) groups is 1. The molecule has 1 rings (SSSR count). The van der Waals surface area contributed by atoms with Crippen LogP contribution in [0, 0.1) is 0 Å². The van der Waals surface area contributed by atoms with E-state index in [1.54, 1.807) is 7.11 Å². The standard InChI is InChI=1S/C18H30O4Si/c1-5-23(6-2,7-3)22-18(12-13-19)15-21-14-16-8-10-17(20-4)11-9-16/h8-11,13,18H,5-7,12,14-15H2,1-4H3/t18-/m1/s1. The highest BCUT2D eigenvalue weighted by Gasteiger charge is 2.31. The molecule has 0 heterocycles. The molecule has 0 aliphatic carbocycles. The maximum absolute atomic E-state index is 10.9. The van der Waals surface area contributed by atoms with Gasteiger partial charge in [-0.25, -0.2) is 0 Å². The van der Waals surface area contributed by atoms with E-state index in [-0.39, 0.29) is 6.10 Å². The highest BCUT2D eigenvalue weighted by Crippen LogP contribution is 2.24. The lowest BCUT2D eigenvalue weighted by Crippen LogP contribution is -2.41. The predicted molar refractivity (Wildman–Crippen MR) is 95.4 cm³/mol. The Kier molecular flexibility index (Phi) is 9.14. The van der Waals surface area contributed by atoms with Crippen molar-refractivity contribution < 1.29 is 18.7 Å². The van der Waals surface area contributed by atoms with Crippen molar-refractivity contribution in [2.24, 2.45) is 0 Å². The van der Waals surface area contributed by atoms with Gasteiger partial charge >= 0.3 is 0 Å². The van der Waals surface area contributed by atoms with Crippen LogP contribution >= 0.6 is 0 Å². The van der Waals surface area contributed by atoms with Crippen molar-refractivity contribution >= 4 is 14.6 Å². The second kappa shape index (κ2) is 10.6. The van der Waals surface area contributed by atoms with Gasteiger partial charge in [0.05, 0.1) is 26.4 Å². The summed E-state index contributed by atoms with van der Waals surface area (Å²) in [7, 11) is -0.0638. The van der Waals surface area contributed by atoms with Crippen molar-refractivity contribution in [3.8, 4) is 5.75 Å². The Morgan fingerprint density at radius 1 is 1.09 bits per heavy atom. The van der Waals surface area contributed by atoms with E-state index in [4.69, 9.17) is 13.9 Å². The Morgan fingerprint density at radius 3 is 2.17 bits per heavy atom. The summed E-state index contributed by atoms with van der Waals surface area (Å²) in [5, 5.41) is 0. The fourth-order valence-electron chi connectivity index (χ4n) is 2.64. The summed E-state index contributed by atoms with van der Waals surface area (Å²) in [6.45, 7) is 7.54. The summed E-state index contributed by atoms with van der Waals surface area (Å²) in [6, 6.07) is 11.0. The van der Waals surface area contributed by atoms with Gasteiger partial charge in [0.15, 0.2) is 8.32 Å². The third-order valence-electron chi connectivity index (χ3n) is 4.44. The molecule has 0 unspecified atom stereocenters. The van der Waals surface area contributed by atoms with Crippen LogP contribution in [0.3, 0.4) is 0 Å². The van der Waals surface area contributed by atoms with E-state index in [0.717, 1.165) is 35.7 Å². The minimum Gasteiger partial charge on any atom is -0.497 e. The van der Waals surface area contributed by atoms with Crippen molar-refractivity contribution in [3.63, 3.8) is 0 Å². The van der Waals surface area contributed by atoms with Gasteiger partial charge in [-0.3, -0.25) is 0 Å². The zero-order valence-electron chi connectivity index (χ0n) is 14.8. The van der Waals surface area contributed by atoms with Crippen LogP contribution in [0.25, 0.3) is 0 Å². The van der Waals surface area contributed by atoms with Crippen molar-refractivity contribution in [1.82, 2.24) is 0 Å². The molecule has 4 nitrogen and oxygen atoms in total.